The molecule has 0 radical (unpaired) electrons. The fourth-order valence-electron chi connectivity index (χ4n) is 2.36. The van der Waals surface area contributed by atoms with E-state index < -0.39 is 0 Å². The van der Waals surface area contributed by atoms with E-state index in [2.05, 4.69) is 41.0 Å². The Morgan fingerprint density at radius 1 is 1.22 bits per heavy atom. The Morgan fingerprint density at radius 3 is 2.52 bits per heavy atom. The molecule has 0 aromatic carbocycles. The second-order valence-corrected chi connectivity index (χ2v) is 5.70. The van der Waals surface area contributed by atoms with Gasteiger partial charge in [0.25, 0.3) is 0 Å². The maximum Gasteiger partial charge on any atom is 0.191 e. The lowest BCUT2D eigenvalue weighted by Crippen LogP contribution is -2.38. The number of imidazole rings is 1. The third-order valence-corrected chi connectivity index (χ3v) is 4.05. The van der Waals surface area contributed by atoms with E-state index in [1.807, 2.05) is 19.3 Å². The summed E-state index contributed by atoms with van der Waals surface area (Å²) in [5, 5.41) is 6.76. The molecule has 0 aliphatic carbocycles. The van der Waals surface area contributed by atoms with Crippen molar-refractivity contribution in [2.75, 3.05) is 19.6 Å². The molecule has 1 aromatic heterocycles. The van der Waals surface area contributed by atoms with E-state index in [-0.39, 0.29) is 24.0 Å². The number of hydrogen-bond acceptors (Lipinski definition) is 2. The predicted molar refractivity (Wildman–Crippen MR) is 110 cm³/mol. The smallest absolute Gasteiger partial charge is 0.191 e. The monoisotopic (exact) mass is 435 g/mol. The first-order valence-electron chi connectivity index (χ1n) is 8.71. The molecule has 0 bridgehead atoms. The van der Waals surface area contributed by atoms with Gasteiger partial charge in [0.15, 0.2) is 5.96 Å². The highest BCUT2D eigenvalue weighted by molar-refractivity contribution is 14.0. The molecular weight excluding hydrogens is 401 g/mol. The Bertz CT molecular complexity index is 426. The minimum absolute atomic E-state index is 0. The van der Waals surface area contributed by atoms with E-state index in [9.17, 15) is 0 Å². The third-order valence-electron chi connectivity index (χ3n) is 4.05. The molecule has 0 spiro atoms. The molecule has 0 saturated carbocycles. The highest BCUT2D eigenvalue weighted by Crippen LogP contribution is 2.07. The summed E-state index contributed by atoms with van der Waals surface area (Å²) in [5.41, 5.74) is 0. The molecule has 5 nitrogen and oxygen atoms in total. The van der Waals surface area contributed by atoms with Gasteiger partial charge in [-0.15, -0.1) is 24.0 Å². The molecule has 2 N–H and O–H groups in total. The number of aromatic nitrogens is 2. The van der Waals surface area contributed by atoms with Crippen molar-refractivity contribution in [3.63, 3.8) is 0 Å². The fourth-order valence-corrected chi connectivity index (χ4v) is 2.36. The maximum absolute atomic E-state index is 4.70. The van der Waals surface area contributed by atoms with Crippen LogP contribution in [-0.2, 0) is 6.54 Å². The van der Waals surface area contributed by atoms with Gasteiger partial charge in [-0.2, -0.15) is 0 Å². The van der Waals surface area contributed by atoms with Crippen LogP contribution in [0.2, 0.25) is 0 Å². The van der Waals surface area contributed by atoms with Gasteiger partial charge >= 0.3 is 0 Å². The summed E-state index contributed by atoms with van der Waals surface area (Å²) < 4.78 is 2.20. The van der Waals surface area contributed by atoms with Crippen molar-refractivity contribution in [3.8, 4) is 0 Å². The van der Waals surface area contributed by atoms with Crippen molar-refractivity contribution in [2.24, 2.45) is 10.9 Å². The summed E-state index contributed by atoms with van der Waals surface area (Å²) in [7, 11) is 0. The summed E-state index contributed by atoms with van der Waals surface area (Å²) in [5.74, 6) is 2.74. The Kier molecular flexibility index (Phi) is 13.2. The number of nitrogens with zero attached hydrogens (tertiary/aromatic N) is 3. The van der Waals surface area contributed by atoms with E-state index in [4.69, 9.17) is 4.99 Å². The lowest BCUT2D eigenvalue weighted by molar-refractivity contribution is 0.503. The van der Waals surface area contributed by atoms with Crippen LogP contribution >= 0.6 is 24.0 Å². The van der Waals surface area contributed by atoms with Crippen molar-refractivity contribution in [1.29, 1.82) is 0 Å². The molecule has 0 fully saturated rings. The van der Waals surface area contributed by atoms with Gasteiger partial charge in [-0.25, -0.2) is 4.98 Å². The summed E-state index contributed by atoms with van der Waals surface area (Å²) in [6, 6.07) is 0. The van der Waals surface area contributed by atoms with Crippen molar-refractivity contribution in [1.82, 2.24) is 20.2 Å². The van der Waals surface area contributed by atoms with Crippen LogP contribution in [0, 0.1) is 12.8 Å². The summed E-state index contributed by atoms with van der Waals surface area (Å²) in [4.78, 5) is 8.94. The van der Waals surface area contributed by atoms with Crippen LogP contribution < -0.4 is 10.6 Å². The Labute approximate surface area is 158 Å². The normalized spacial score (nSPS) is 11.4. The van der Waals surface area contributed by atoms with E-state index >= 15 is 0 Å². The molecule has 0 unspecified atom stereocenters. The molecule has 0 amide bonds. The minimum Gasteiger partial charge on any atom is -0.357 e. The molecule has 1 rings (SSSR count). The Hall–Kier alpha value is -0.790. The zero-order chi connectivity index (χ0) is 16.2. The Balaban J connectivity index is 0.00000484. The van der Waals surface area contributed by atoms with Crippen LogP contribution in [-0.4, -0.2) is 35.1 Å². The number of unbranched alkanes of at least 4 members (excludes halogenated alkanes) is 1. The van der Waals surface area contributed by atoms with Crippen molar-refractivity contribution in [3.05, 3.63) is 18.2 Å². The van der Waals surface area contributed by atoms with Crippen LogP contribution in [0.3, 0.4) is 0 Å². The first-order valence-corrected chi connectivity index (χ1v) is 8.71. The standard InChI is InChI=1S/C17H33N5.HI/c1-5-16(6-2)14-21-17(18-7-3)20-10-8-9-12-22-13-11-19-15(22)4;/h11,13,16H,5-10,12,14H2,1-4H3,(H2,18,20,21);1H. The topological polar surface area (TPSA) is 54.2 Å². The van der Waals surface area contributed by atoms with Gasteiger partial charge < -0.3 is 15.2 Å². The molecule has 1 aromatic rings. The first-order chi connectivity index (χ1) is 10.7. The summed E-state index contributed by atoms with van der Waals surface area (Å²) in [6.07, 6.45) is 8.59. The van der Waals surface area contributed by atoms with Crippen LogP contribution in [0.5, 0.6) is 0 Å². The van der Waals surface area contributed by atoms with Gasteiger partial charge in [0.05, 0.1) is 0 Å². The van der Waals surface area contributed by atoms with Crippen LogP contribution in [0.4, 0.5) is 0 Å². The zero-order valence-corrected chi connectivity index (χ0v) is 17.5. The summed E-state index contributed by atoms with van der Waals surface area (Å²) in [6.45, 7) is 12.4. The lowest BCUT2D eigenvalue weighted by atomic mass is 10.0. The number of halogens is 1. The van der Waals surface area contributed by atoms with Crippen molar-refractivity contribution < 1.29 is 0 Å². The number of aliphatic imine (C=N–C) groups is 1. The van der Waals surface area contributed by atoms with E-state index in [0.717, 1.165) is 50.8 Å². The van der Waals surface area contributed by atoms with Crippen LogP contribution in [0.25, 0.3) is 0 Å². The molecule has 1 heterocycles. The summed E-state index contributed by atoms with van der Waals surface area (Å²) >= 11 is 0. The second-order valence-electron chi connectivity index (χ2n) is 5.70. The predicted octanol–water partition coefficient (Wildman–Crippen LogP) is 3.58. The molecule has 23 heavy (non-hydrogen) atoms. The van der Waals surface area contributed by atoms with E-state index in [1.54, 1.807) is 0 Å². The number of hydrogen-bond donors (Lipinski definition) is 2. The molecular formula is C17H34IN5. The largest absolute Gasteiger partial charge is 0.357 e. The van der Waals surface area contributed by atoms with Gasteiger partial charge in [-0.05, 0) is 32.6 Å². The second kappa shape index (κ2) is 13.6. The van der Waals surface area contributed by atoms with Gasteiger partial charge in [-0.3, -0.25) is 4.99 Å². The average Bonchev–Trinajstić information content (AvgIpc) is 2.93. The van der Waals surface area contributed by atoms with Crippen molar-refractivity contribution >= 4 is 29.9 Å². The molecule has 134 valence electrons. The van der Waals surface area contributed by atoms with Crippen LogP contribution in [0.1, 0.15) is 52.3 Å². The van der Waals surface area contributed by atoms with Gasteiger partial charge in [0.1, 0.15) is 5.82 Å². The highest BCUT2D eigenvalue weighted by Gasteiger charge is 2.03. The van der Waals surface area contributed by atoms with E-state index in [1.165, 1.54) is 12.8 Å². The Morgan fingerprint density at radius 2 is 1.96 bits per heavy atom. The quantitative estimate of drug-likeness (QED) is 0.256. The van der Waals surface area contributed by atoms with Gasteiger partial charge in [0, 0.05) is 38.6 Å². The number of rotatable bonds is 10. The molecule has 0 aliphatic rings. The average molecular weight is 435 g/mol. The molecule has 0 saturated heterocycles. The van der Waals surface area contributed by atoms with Gasteiger partial charge in [0.2, 0.25) is 0 Å². The number of guanidine groups is 1. The SMILES string of the molecule is CCNC(=NCC(CC)CC)NCCCCn1ccnc1C.I. The highest BCUT2D eigenvalue weighted by atomic mass is 127. The lowest BCUT2D eigenvalue weighted by Gasteiger charge is -2.14. The van der Waals surface area contributed by atoms with Crippen LogP contribution in [0.15, 0.2) is 17.4 Å². The third kappa shape index (κ3) is 9.17. The number of aryl methyl sites for hydroxylation is 2. The number of nitrogens with one attached hydrogen (secondary N) is 2. The van der Waals surface area contributed by atoms with Gasteiger partial charge in [-0.1, -0.05) is 26.7 Å². The molecule has 0 atom stereocenters. The molecule has 0 aliphatic heterocycles. The first kappa shape index (κ1) is 22.2. The van der Waals surface area contributed by atoms with Crippen molar-refractivity contribution in [2.45, 2.75) is 59.9 Å². The fraction of sp³-hybridized carbons (Fsp3) is 0.765. The maximum atomic E-state index is 4.70. The zero-order valence-electron chi connectivity index (χ0n) is 15.1. The van der Waals surface area contributed by atoms with E-state index in [0.29, 0.717) is 5.92 Å². The minimum atomic E-state index is 0. The molecule has 6 heteroatoms.